The van der Waals surface area contributed by atoms with E-state index in [-0.39, 0.29) is 23.7 Å². The van der Waals surface area contributed by atoms with E-state index in [1.165, 1.54) is 0 Å². The van der Waals surface area contributed by atoms with Crippen molar-refractivity contribution in [2.24, 2.45) is 5.84 Å². The van der Waals surface area contributed by atoms with Crippen molar-refractivity contribution in [3.63, 3.8) is 0 Å². The van der Waals surface area contributed by atoms with Crippen LogP contribution in [-0.2, 0) is 14.6 Å². The van der Waals surface area contributed by atoms with Gasteiger partial charge in [-0.05, 0) is 32.1 Å². The summed E-state index contributed by atoms with van der Waals surface area (Å²) >= 11 is 0. The molecule has 0 aromatic carbocycles. The van der Waals surface area contributed by atoms with Crippen LogP contribution >= 0.6 is 0 Å². The molecule has 1 heterocycles. The lowest BCUT2D eigenvalue weighted by Gasteiger charge is -2.30. The molecule has 0 aromatic heterocycles. The lowest BCUT2D eigenvalue weighted by molar-refractivity contribution is -0.00938. The fourth-order valence-corrected chi connectivity index (χ4v) is 3.02. The van der Waals surface area contributed by atoms with Crippen LogP contribution in [0.25, 0.3) is 0 Å². The van der Waals surface area contributed by atoms with Gasteiger partial charge < -0.3 is 4.74 Å². The molecule has 3 N–H and O–H groups in total. The third-order valence-corrected chi connectivity index (χ3v) is 5.08. The minimum absolute atomic E-state index is 0.0716. The van der Waals surface area contributed by atoms with Gasteiger partial charge in [-0.3, -0.25) is 11.3 Å². The average Bonchev–Trinajstić information content (AvgIpc) is 2.36. The van der Waals surface area contributed by atoms with Crippen LogP contribution in [0.3, 0.4) is 0 Å². The molecule has 6 heteroatoms. The zero-order valence-electron chi connectivity index (χ0n) is 10.5. The molecule has 2 atom stereocenters. The van der Waals surface area contributed by atoms with Crippen LogP contribution in [0.15, 0.2) is 0 Å². The maximum atomic E-state index is 11.4. The van der Waals surface area contributed by atoms with Gasteiger partial charge in [0.15, 0.2) is 0 Å². The van der Waals surface area contributed by atoms with E-state index in [2.05, 4.69) is 5.43 Å². The number of rotatable bonds is 7. The van der Waals surface area contributed by atoms with Crippen LogP contribution < -0.4 is 11.3 Å². The first kappa shape index (κ1) is 14.9. The molecule has 0 aliphatic carbocycles. The van der Waals surface area contributed by atoms with Gasteiger partial charge in [0, 0.05) is 18.4 Å². The predicted octanol–water partition coefficient (Wildman–Crippen LogP) is 0.602. The smallest absolute Gasteiger partial charge is 0.150 e. The highest BCUT2D eigenvalue weighted by atomic mass is 32.2. The molecule has 17 heavy (non-hydrogen) atoms. The van der Waals surface area contributed by atoms with Crippen LogP contribution in [0.5, 0.6) is 0 Å². The number of hydrogen-bond donors (Lipinski definition) is 2. The van der Waals surface area contributed by atoms with Crippen molar-refractivity contribution in [2.45, 2.75) is 51.2 Å². The summed E-state index contributed by atoms with van der Waals surface area (Å²) in [6.07, 6.45) is 4.81. The lowest BCUT2D eigenvalue weighted by atomic mass is 9.99. The molecule has 0 aromatic rings. The van der Waals surface area contributed by atoms with Gasteiger partial charge in [0.05, 0.1) is 11.9 Å². The summed E-state index contributed by atoms with van der Waals surface area (Å²) in [5.41, 5.74) is 2.76. The first-order valence-electron chi connectivity index (χ1n) is 6.37. The highest BCUT2D eigenvalue weighted by Crippen LogP contribution is 2.18. The summed E-state index contributed by atoms with van der Waals surface area (Å²) in [5, 5.41) is 0. The molecule has 0 saturated carbocycles. The third kappa shape index (κ3) is 5.33. The van der Waals surface area contributed by atoms with E-state index < -0.39 is 9.84 Å². The minimum atomic E-state index is -2.86. The van der Waals surface area contributed by atoms with Gasteiger partial charge in [-0.2, -0.15) is 0 Å². The van der Waals surface area contributed by atoms with Crippen molar-refractivity contribution in [1.29, 1.82) is 0 Å². The molecule has 1 aliphatic rings. The fourth-order valence-electron chi connectivity index (χ4n) is 2.13. The maximum Gasteiger partial charge on any atom is 0.150 e. The second-order valence-electron chi connectivity index (χ2n) is 4.56. The number of hydrazine groups is 1. The van der Waals surface area contributed by atoms with Crippen molar-refractivity contribution in [1.82, 2.24) is 5.43 Å². The Labute approximate surface area is 104 Å². The quantitative estimate of drug-likeness (QED) is 0.520. The molecule has 1 fully saturated rings. The van der Waals surface area contributed by atoms with Crippen molar-refractivity contribution >= 4 is 9.84 Å². The molecule has 5 nitrogen and oxygen atoms in total. The van der Waals surface area contributed by atoms with Crippen LogP contribution in [-0.4, -0.2) is 38.7 Å². The van der Waals surface area contributed by atoms with Crippen LogP contribution in [0.4, 0.5) is 0 Å². The molecular weight excluding hydrogens is 240 g/mol. The van der Waals surface area contributed by atoms with E-state index in [0.717, 1.165) is 32.3 Å². The second-order valence-corrected chi connectivity index (χ2v) is 7.03. The first-order chi connectivity index (χ1) is 8.09. The van der Waals surface area contributed by atoms with E-state index in [0.29, 0.717) is 6.42 Å². The summed E-state index contributed by atoms with van der Waals surface area (Å²) in [4.78, 5) is 0. The third-order valence-electron chi connectivity index (χ3n) is 3.29. The molecule has 0 spiro atoms. The van der Waals surface area contributed by atoms with Gasteiger partial charge in [-0.1, -0.05) is 6.92 Å². The van der Waals surface area contributed by atoms with E-state index in [4.69, 9.17) is 10.6 Å². The molecule has 1 rings (SSSR count). The zero-order valence-corrected chi connectivity index (χ0v) is 11.3. The Kier molecular flexibility index (Phi) is 6.40. The number of nitrogens with two attached hydrogens (primary N) is 1. The number of hydrogen-bond acceptors (Lipinski definition) is 5. The Bertz CT molecular complexity index is 300. The monoisotopic (exact) mass is 264 g/mol. The highest BCUT2D eigenvalue weighted by Gasteiger charge is 2.23. The topological polar surface area (TPSA) is 81.4 Å². The van der Waals surface area contributed by atoms with Gasteiger partial charge in [-0.15, -0.1) is 0 Å². The van der Waals surface area contributed by atoms with Crippen molar-refractivity contribution in [3.8, 4) is 0 Å². The zero-order chi connectivity index (χ0) is 12.7. The molecule has 1 aliphatic heterocycles. The largest absolute Gasteiger partial charge is 0.377 e. The van der Waals surface area contributed by atoms with Crippen molar-refractivity contribution in [3.05, 3.63) is 0 Å². The minimum Gasteiger partial charge on any atom is -0.377 e. The van der Waals surface area contributed by atoms with Gasteiger partial charge in [0.25, 0.3) is 0 Å². The molecule has 102 valence electrons. The molecular formula is C11H24N2O3S. The number of ether oxygens (including phenoxy) is 1. The molecule has 0 bridgehead atoms. The Hall–Kier alpha value is -0.170. The van der Waals surface area contributed by atoms with E-state index >= 15 is 0 Å². The molecule has 0 radical (unpaired) electrons. The van der Waals surface area contributed by atoms with Gasteiger partial charge in [0.2, 0.25) is 0 Å². The standard InChI is InChI=1S/C11H24N2O3S/c1-2-17(14,15)9-5-6-10(13-12)11-7-3-4-8-16-11/h10-11,13H,2-9,12H2,1H3. The molecule has 2 unspecified atom stereocenters. The van der Waals surface area contributed by atoms with Crippen LogP contribution in [0, 0.1) is 0 Å². The van der Waals surface area contributed by atoms with Crippen molar-refractivity contribution < 1.29 is 13.2 Å². The summed E-state index contributed by atoms with van der Waals surface area (Å²) < 4.78 is 28.4. The summed E-state index contributed by atoms with van der Waals surface area (Å²) in [5.74, 6) is 5.97. The van der Waals surface area contributed by atoms with Crippen LogP contribution in [0.2, 0.25) is 0 Å². The van der Waals surface area contributed by atoms with E-state index in [1.807, 2.05) is 0 Å². The summed E-state index contributed by atoms with van der Waals surface area (Å²) in [6, 6.07) is 0.0716. The number of sulfone groups is 1. The first-order valence-corrected chi connectivity index (χ1v) is 8.19. The summed E-state index contributed by atoms with van der Waals surface area (Å²) in [7, 11) is -2.86. The summed E-state index contributed by atoms with van der Waals surface area (Å²) in [6.45, 7) is 2.47. The van der Waals surface area contributed by atoms with Gasteiger partial charge in [0.1, 0.15) is 9.84 Å². The lowest BCUT2D eigenvalue weighted by Crippen LogP contribution is -2.46. The van der Waals surface area contributed by atoms with E-state index in [1.54, 1.807) is 6.92 Å². The fraction of sp³-hybridized carbons (Fsp3) is 1.00. The highest BCUT2D eigenvalue weighted by molar-refractivity contribution is 7.91. The average molecular weight is 264 g/mol. The van der Waals surface area contributed by atoms with E-state index in [9.17, 15) is 8.42 Å². The van der Waals surface area contributed by atoms with Crippen LogP contribution in [0.1, 0.15) is 39.0 Å². The Morgan fingerprint density at radius 1 is 1.47 bits per heavy atom. The predicted molar refractivity (Wildman–Crippen MR) is 68.3 cm³/mol. The second kappa shape index (κ2) is 7.31. The van der Waals surface area contributed by atoms with Crippen molar-refractivity contribution in [2.75, 3.05) is 18.1 Å². The molecule has 0 amide bonds. The van der Waals surface area contributed by atoms with Gasteiger partial charge >= 0.3 is 0 Å². The Balaban J connectivity index is 2.31. The normalized spacial score (nSPS) is 23.5. The Morgan fingerprint density at radius 3 is 2.76 bits per heavy atom. The Morgan fingerprint density at radius 2 is 2.24 bits per heavy atom. The van der Waals surface area contributed by atoms with Gasteiger partial charge in [-0.25, -0.2) is 8.42 Å². The number of nitrogens with one attached hydrogen (secondary N) is 1. The molecule has 1 saturated heterocycles. The maximum absolute atomic E-state index is 11.4. The SMILES string of the molecule is CCS(=O)(=O)CCCC(NN)C1CCCCO1.